The van der Waals surface area contributed by atoms with Crippen LogP contribution in [-0.2, 0) is 0 Å². The van der Waals surface area contributed by atoms with E-state index in [1.807, 2.05) is 25.1 Å². The number of carbonyl (C=O) groups is 1. The summed E-state index contributed by atoms with van der Waals surface area (Å²) < 4.78 is 6.42. The number of hydrogen-bond acceptors (Lipinski definition) is 3. The molecule has 0 saturated heterocycles. The van der Waals surface area contributed by atoms with E-state index in [2.05, 4.69) is 21.2 Å². The third-order valence-corrected chi connectivity index (χ3v) is 3.35. The van der Waals surface area contributed by atoms with Crippen LogP contribution < -0.4 is 15.8 Å². The average Bonchev–Trinajstić information content (AvgIpc) is 2.48. The van der Waals surface area contributed by atoms with Gasteiger partial charge in [0.2, 0.25) is 0 Å². The first-order chi connectivity index (χ1) is 10.1. The predicted octanol–water partition coefficient (Wildman–Crippen LogP) is 4.07. The van der Waals surface area contributed by atoms with E-state index in [4.69, 9.17) is 10.5 Å². The van der Waals surface area contributed by atoms with Gasteiger partial charge < -0.3 is 15.8 Å². The number of para-hydroxylation sites is 2. The van der Waals surface area contributed by atoms with Gasteiger partial charge in [-0.25, -0.2) is 0 Å². The Kier molecular flexibility index (Phi) is 5.22. The fourth-order valence-electron chi connectivity index (χ4n) is 1.82. The van der Waals surface area contributed by atoms with Gasteiger partial charge in [0, 0.05) is 10.2 Å². The monoisotopic (exact) mass is 348 g/mol. The van der Waals surface area contributed by atoms with Gasteiger partial charge in [0.05, 0.1) is 17.9 Å². The molecule has 0 saturated carbocycles. The third-order valence-electron chi connectivity index (χ3n) is 2.86. The van der Waals surface area contributed by atoms with Crippen LogP contribution in [0.25, 0.3) is 0 Å². The number of amides is 1. The van der Waals surface area contributed by atoms with E-state index in [1.54, 1.807) is 24.3 Å². The minimum absolute atomic E-state index is 0.263. The van der Waals surface area contributed by atoms with Crippen LogP contribution in [0.5, 0.6) is 5.75 Å². The van der Waals surface area contributed by atoms with Gasteiger partial charge in [-0.1, -0.05) is 35.0 Å². The van der Waals surface area contributed by atoms with E-state index in [0.29, 0.717) is 29.3 Å². The second kappa shape index (κ2) is 7.13. The number of nitrogen functional groups attached to an aromatic ring is 1. The van der Waals surface area contributed by atoms with Crippen LogP contribution in [0, 0.1) is 0 Å². The molecule has 2 aromatic carbocycles. The molecule has 0 atom stereocenters. The van der Waals surface area contributed by atoms with Crippen molar-refractivity contribution in [1.82, 2.24) is 0 Å². The fourth-order valence-corrected chi connectivity index (χ4v) is 2.18. The largest absolute Gasteiger partial charge is 0.491 e. The van der Waals surface area contributed by atoms with Crippen LogP contribution in [0.2, 0.25) is 0 Å². The van der Waals surface area contributed by atoms with Crippen LogP contribution in [-0.4, -0.2) is 12.5 Å². The van der Waals surface area contributed by atoms with Crippen LogP contribution in [0.1, 0.15) is 23.7 Å². The van der Waals surface area contributed by atoms with E-state index in [1.165, 1.54) is 0 Å². The van der Waals surface area contributed by atoms with Crippen molar-refractivity contribution >= 4 is 33.2 Å². The van der Waals surface area contributed by atoms with Gasteiger partial charge in [-0.05, 0) is 36.8 Å². The first kappa shape index (κ1) is 15.4. The highest BCUT2D eigenvalue weighted by atomic mass is 79.9. The van der Waals surface area contributed by atoms with Crippen molar-refractivity contribution in [3.8, 4) is 5.75 Å². The zero-order chi connectivity index (χ0) is 15.2. The van der Waals surface area contributed by atoms with E-state index in [9.17, 15) is 4.79 Å². The smallest absolute Gasteiger partial charge is 0.257 e. The topological polar surface area (TPSA) is 64.3 Å². The molecule has 0 fully saturated rings. The number of rotatable bonds is 5. The molecular formula is C16H17BrN2O2. The molecule has 0 radical (unpaired) electrons. The summed E-state index contributed by atoms with van der Waals surface area (Å²) in [7, 11) is 0. The van der Waals surface area contributed by atoms with E-state index in [0.717, 1.165) is 10.9 Å². The molecule has 4 nitrogen and oxygen atoms in total. The van der Waals surface area contributed by atoms with Crippen LogP contribution in [0.3, 0.4) is 0 Å². The first-order valence-corrected chi connectivity index (χ1v) is 7.49. The van der Waals surface area contributed by atoms with Crippen molar-refractivity contribution in [1.29, 1.82) is 0 Å². The molecule has 3 N–H and O–H groups in total. The normalized spacial score (nSPS) is 10.2. The number of hydrogen-bond donors (Lipinski definition) is 2. The summed E-state index contributed by atoms with van der Waals surface area (Å²) in [6.07, 6.45) is 0.904. The average molecular weight is 349 g/mol. The SMILES string of the molecule is CCCOc1ccccc1NC(=O)c1cc(Br)ccc1N. The summed E-state index contributed by atoms with van der Waals surface area (Å²) >= 11 is 3.34. The van der Waals surface area contributed by atoms with Gasteiger partial charge in [-0.2, -0.15) is 0 Å². The molecular weight excluding hydrogens is 332 g/mol. The molecule has 5 heteroatoms. The van der Waals surface area contributed by atoms with Crippen molar-refractivity contribution in [3.05, 3.63) is 52.5 Å². The molecule has 2 rings (SSSR count). The summed E-state index contributed by atoms with van der Waals surface area (Å²) in [6, 6.07) is 12.5. The lowest BCUT2D eigenvalue weighted by molar-refractivity contribution is 0.102. The molecule has 1 amide bonds. The summed E-state index contributed by atoms with van der Waals surface area (Å²) in [5.41, 5.74) is 7.34. The van der Waals surface area contributed by atoms with Gasteiger partial charge in [-0.3, -0.25) is 4.79 Å². The lowest BCUT2D eigenvalue weighted by Gasteiger charge is -2.12. The van der Waals surface area contributed by atoms with Gasteiger partial charge >= 0.3 is 0 Å². The number of nitrogens with one attached hydrogen (secondary N) is 1. The Balaban J connectivity index is 2.21. The number of benzene rings is 2. The van der Waals surface area contributed by atoms with Crippen molar-refractivity contribution in [2.75, 3.05) is 17.7 Å². The number of halogens is 1. The second-order valence-corrected chi connectivity index (χ2v) is 5.45. The molecule has 0 heterocycles. The highest BCUT2D eigenvalue weighted by molar-refractivity contribution is 9.10. The van der Waals surface area contributed by atoms with Crippen molar-refractivity contribution < 1.29 is 9.53 Å². The second-order valence-electron chi connectivity index (χ2n) is 4.53. The molecule has 0 aliphatic rings. The van der Waals surface area contributed by atoms with Gasteiger partial charge in [0.15, 0.2) is 0 Å². The lowest BCUT2D eigenvalue weighted by Crippen LogP contribution is -2.15. The van der Waals surface area contributed by atoms with Crippen LogP contribution in [0.15, 0.2) is 46.9 Å². The molecule has 0 unspecified atom stereocenters. The third kappa shape index (κ3) is 3.98. The fraction of sp³-hybridized carbons (Fsp3) is 0.188. The minimum atomic E-state index is -0.263. The predicted molar refractivity (Wildman–Crippen MR) is 88.7 cm³/mol. The molecule has 0 aromatic heterocycles. The molecule has 0 aliphatic carbocycles. The first-order valence-electron chi connectivity index (χ1n) is 6.70. The Morgan fingerprint density at radius 2 is 2.05 bits per heavy atom. The lowest BCUT2D eigenvalue weighted by atomic mass is 10.1. The maximum atomic E-state index is 12.3. The zero-order valence-corrected chi connectivity index (χ0v) is 13.3. The standard InChI is InChI=1S/C16H17BrN2O2/c1-2-9-21-15-6-4-3-5-14(15)19-16(20)12-10-11(17)7-8-13(12)18/h3-8,10H,2,9,18H2,1H3,(H,19,20). The highest BCUT2D eigenvalue weighted by Crippen LogP contribution is 2.26. The summed E-state index contributed by atoms with van der Waals surface area (Å²) in [6.45, 7) is 2.63. The van der Waals surface area contributed by atoms with Gasteiger partial charge in [0.1, 0.15) is 5.75 Å². The summed E-state index contributed by atoms with van der Waals surface area (Å²) in [5.74, 6) is 0.391. The van der Waals surface area contributed by atoms with Gasteiger partial charge in [-0.15, -0.1) is 0 Å². The number of anilines is 2. The molecule has 0 bridgehead atoms. The van der Waals surface area contributed by atoms with Crippen LogP contribution >= 0.6 is 15.9 Å². The number of ether oxygens (including phenoxy) is 1. The van der Waals surface area contributed by atoms with E-state index < -0.39 is 0 Å². The minimum Gasteiger partial charge on any atom is -0.491 e. The van der Waals surface area contributed by atoms with Crippen molar-refractivity contribution in [2.45, 2.75) is 13.3 Å². The van der Waals surface area contributed by atoms with E-state index >= 15 is 0 Å². The number of nitrogens with two attached hydrogens (primary N) is 1. The highest BCUT2D eigenvalue weighted by Gasteiger charge is 2.12. The Labute approximate surface area is 132 Å². The molecule has 21 heavy (non-hydrogen) atoms. The van der Waals surface area contributed by atoms with E-state index in [-0.39, 0.29) is 5.91 Å². The Morgan fingerprint density at radius 1 is 1.29 bits per heavy atom. The van der Waals surface area contributed by atoms with Gasteiger partial charge in [0.25, 0.3) is 5.91 Å². The maximum absolute atomic E-state index is 12.3. The Morgan fingerprint density at radius 3 is 2.81 bits per heavy atom. The maximum Gasteiger partial charge on any atom is 0.257 e. The van der Waals surface area contributed by atoms with Crippen molar-refractivity contribution in [3.63, 3.8) is 0 Å². The van der Waals surface area contributed by atoms with Crippen LogP contribution in [0.4, 0.5) is 11.4 Å². The van der Waals surface area contributed by atoms with Crippen molar-refractivity contribution in [2.24, 2.45) is 0 Å². The summed E-state index contributed by atoms with van der Waals surface area (Å²) in [5, 5.41) is 2.84. The summed E-state index contributed by atoms with van der Waals surface area (Å²) in [4.78, 5) is 12.3. The Bertz CT molecular complexity index is 644. The molecule has 2 aromatic rings. The Hall–Kier alpha value is -2.01. The quantitative estimate of drug-likeness (QED) is 0.800. The molecule has 0 spiro atoms. The molecule has 0 aliphatic heterocycles. The zero-order valence-electron chi connectivity index (χ0n) is 11.7. The number of carbonyl (C=O) groups excluding carboxylic acids is 1. The molecule has 110 valence electrons.